The number of hydrogen-bond donors (Lipinski definition) is 2. The topological polar surface area (TPSA) is 55.5 Å². The molecule has 74 valence electrons. The van der Waals surface area contributed by atoms with E-state index in [4.69, 9.17) is 10.5 Å². The zero-order valence-corrected chi connectivity index (χ0v) is 8.34. The van der Waals surface area contributed by atoms with E-state index in [1.54, 1.807) is 6.92 Å². The summed E-state index contributed by atoms with van der Waals surface area (Å²) < 4.78 is 5.32. The largest absolute Gasteiger partial charge is 0.389 e. The SMILES string of the molecule is CC(C)COCCC(C)(O)CN. The molecule has 0 spiro atoms. The lowest BCUT2D eigenvalue weighted by Gasteiger charge is -2.20. The molecule has 0 saturated heterocycles. The molecule has 1 atom stereocenters. The van der Waals surface area contributed by atoms with Gasteiger partial charge in [0.15, 0.2) is 0 Å². The Morgan fingerprint density at radius 1 is 1.50 bits per heavy atom. The Morgan fingerprint density at radius 3 is 2.50 bits per heavy atom. The zero-order chi connectivity index (χ0) is 9.61. The van der Waals surface area contributed by atoms with Gasteiger partial charge in [-0.05, 0) is 12.8 Å². The Labute approximate surface area is 74.9 Å². The Kier molecular flexibility index (Phi) is 5.46. The van der Waals surface area contributed by atoms with Crippen LogP contribution in [-0.2, 0) is 4.74 Å². The normalized spacial score (nSPS) is 16.5. The molecule has 12 heavy (non-hydrogen) atoms. The highest BCUT2D eigenvalue weighted by molar-refractivity contribution is 4.72. The minimum Gasteiger partial charge on any atom is -0.389 e. The van der Waals surface area contributed by atoms with Crippen LogP contribution >= 0.6 is 0 Å². The predicted octanol–water partition coefficient (Wildman–Crippen LogP) is 0.759. The Morgan fingerprint density at radius 2 is 2.08 bits per heavy atom. The highest BCUT2D eigenvalue weighted by Gasteiger charge is 2.16. The lowest BCUT2D eigenvalue weighted by Crippen LogP contribution is -2.35. The Balaban J connectivity index is 3.31. The molecular formula is C9H21NO2. The van der Waals surface area contributed by atoms with Crippen LogP contribution in [0.4, 0.5) is 0 Å². The van der Waals surface area contributed by atoms with E-state index in [0.29, 0.717) is 18.9 Å². The summed E-state index contributed by atoms with van der Waals surface area (Å²) in [5.41, 5.74) is 4.58. The molecule has 0 rings (SSSR count). The average Bonchev–Trinajstić information content (AvgIpc) is 1.98. The van der Waals surface area contributed by atoms with Gasteiger partial charge in [-0.2, -0.15) is 0 Å². The van der Waals surface area contributed by atoms with Crippen molar-refractivity contribution in [1.82, 2.24) is 0 Å². The van der Waals surface area contributed by atoms with Gasteiger partial charge in [0.05, 0.1) is 5.60 Å². The lowest BCUT2D eigenvalue weighted by atomic mass is 10.0. The molecule has 0 heterocycles. The van der Waals surface area contributed by atoms with Crippen molar-refractivity contribution in [2.75, 3.05) is 19.8 Å². The second kappa shape index (κ2) is 5.51. The Bertz CT molecular complexity index is 113. The molecule has 0 aromatic heterocycles. The van der Waals surface area contributed by atoms with Crippen LogP contribution in [0.5, 0.6) is 0 Å². The van der Waals surface area contributed by atoms with Crippen molar-refractivity contribution >= 4 is 0 Å². The van der Waals surface area contributed by atoms with Gasteiger partial charge in [0, 0.05) is 26.2 Å². The number of rotatable bonds is 6. The first kappa shape index (κ1) is 11.9. The zero-order valence-electron chi connectivity index (χ0n) is 8.34. The second-order valence-corrected chi connectivity index (χ2v) is 3.92. The molecule has 0 fully saturated rings. The van der Waals surface area contributed by atoms with Gasteiger partial charge < -0.3 is 15.6 Å². The van der Waals surface area contributed by atoms with Gasteiger partial charge in [-0.3, -0.25) is 0 Å². The van der Waals surface area contributed by atoms with Gasteiger partial charge in [0.2, 0.25) is 0 Å². The molecule has 0 aromatic carbocycles. The monoisotopic (exact) mass is 175 g/mol. The molecule has 0 bridgehead atoms. The van der Waals surface area contributed by atoms with E-state index in [0.717, 1.165) is 6.61 Å². The number of hydrogen-bond acceptors (Lipinski definition) is 3. The third kappa shape index (κ3) is 6.58. The first-order valence-electron chi connectivity index (χ1n) is 4.48. The highest BCUT2D eigenvalue weighted by Crippen LogP contribution is 2.06. The average molecular weight is 175 g/mol. The van der Waals surface area contributed by atoms with E-state index in [1.807, 2.05) is 0 Å². The molecule has 0 aliphatic carbocycles. The highest BCUT2D eigenvalue weighted by atomic mass is 16.5. The Hall–Kier alpha value is -0.120. The van der Waals surface area contributed by atoms with Gasteiger partial charge in [0.25, 0.3) is 0 Å². The van der Waals surface area contributed by atoms with E-state index in [-0.39, 0.29) is 6.54 Å². The van der Waals surface area contributed by atoms with E-state index < -0.39 is 5.60 Å². The maximum absolute atomic E-state index is 9.48. The summed E-state index contributed by atoms with van der Waals surface area (Å²) in [5, 5.41) is 9.48. The number of aliphatic hydroxyl groups is 1. The van der Waals surface area contributed by atoms with Gasteiger partial charge in [-0.25, -0.2) is 0 Å². The molecule has 0 aliphatic heterocycles. The summed E-state index contributed by atoms with van der Waals surface area (Å²) in [5.74, 6) is 0.549. The maximum atomic E-state index is 9.48. The molecule has 0 saturated carbocycles. The van der Waals surface area contributed by atoms with E-state index >= 15 is 0 Å². The summed E-state index contributed by atoms with van der Waals surface area (Å²) in [4.78, 5) is 0. The first-order chi connectivity index (χ1) is 5.48. The minimum absolute atomic E-state index is 0.290. The van der Waals surface area contributed by atoms with Gasteiger partial charge in [0.1, 0.15) is 0 Å². The van der Waals surface area contributed by atoms with Crippen LogP contribution in [0.3, 0.4) is 0 Å². The van der Waals surface area contributed by atoms with Gasteiger partial charge in [-0.1, -0.05) is 13.8 Å². The van der Waals surface area contributed by atoms with Crippen molar-refractivity contribution in [3.63, 3.8) is 0 Å². The van der Waals surface area contributed by atoms with E-state index in [1.165, 1.54) is 0 Å². The summed E-state index contributed by atoms with van der Waals surface area (Å²) in [6.07, 6.45) is 0.607. The van der Waals surface area contributed by atoms with Crippen LogP contribution in [0, 0.1) is 5.92 Å². The fraction of sp³-hybridized carbons (Fsp3) is 1.00. The van der Waals surface area contributed by atoms with Crippen LogP contribution < -0.4 is 5.73 Å². The van der Waals surface area contributed by atoms with Crippen LogP contribution in [0.2, 0.25) is 0 Å². The number of ether oxygens (including phenoxy) is 1. The molecule has 0 aliphatic rings. The quantitative estimate of drug-likeness (QED) is 0.586. The minimum atomic E-state index is -0.767. The van der Waals surface area contributed by atoms with Crippen molar-refractivity contribution in [3.05, 3.63) is 0 Å². The van der Waals surface area contributed by atoms with Crippen molar-refractivity contribution in [2.45, 2.75) is 32.8 Å². The summed E-state index contributed by atoms with van der Waals surface area (Å²) in [7, 11) is 0. The first-order valence-corrected chi connectivity index (χ1v) is 4.48. The van der Waals surface area contributed by atoms with Crippen molar-refractivity contribution in [3.8, 4) is 0 Å². The van der Waals surface area contributed by atoms with Crippen LogP contribution in [0.25, 0.3) is 0 Å². The van der Waals surface area contributed by atoms with E-state index in [9.17, 15) is 5.11 Å². The van der Waals surface area contributed by atoms with Crippen molar-refractivity contribution in [1.29, 1.82) is 0 Å². The van der Waals surface area contributed by atoms with Crippen molar-refractivity contribution in [2.24, 2.45) is 11.7 Å². The van der Waals surface area contributed by atoms with Crippen LogP contribution in [0.15, 0.2) is 0 Å². The lowest BCUT2D eigenvalue weighted by molar-refractivity contribution is 0.0155. The molecular weight excluding hydrogens is 154 g/mol. The molecule has 3 nitrogen and oxygen atoms in total. The second-order valence-electron chi connectivity index (χ2n) is 3.92. The summed E-state index contributed by atoms with van der Waals surface area (Å²) >= 11 is 0. The maximum Gasteiger partial charge on any atom is 0.0763 e. The molecule has 1 unspecified atom stereocenters. The molecule has 3 N–H and O–H groups in total. The fourth-order valence-corrected chi connectivity index (χ4v) is 0.713. The van der Waals surface area contributed by atoms with Crippen LogP contribution in [-0.4, -0.2) is 30.5 Å². The summed E-state index contributed by atoms with van der Waals surface area (Å²) in [6.45, 7) is 7.55. The fourth-order valence-electron chi connectivity index (χ4n) is 0.713. The van der Waals surface area contributed by atoms with E-state index in [2.05, 4.69) is 13.8 Å². The summed E-state index contributed by atoms with van der Waals surface area (Å²) in [6, 6.07) is 0. The molecule has 0 aromatic rings. The van der Waals surface area contributed by atoms with Gasteiger partial charge >= 0.3 is 0 Å². The van der Waals surface area contributed by atoms with Crippen molar-refractivity contribution < 1.29 is 9.84 Å². The third-order valence-corrected chi connectivity index (χ3v) is 1.68. The smallest absolute Gasteiger partial charge is 0.0763 e. The standard InChI is InChI=1S/C9H21NO2/c1-8(2)6-12-5-4-9(3,11)7-10/h8,11H,4-7,10H2,1-3H3. The molecule has 0 radical (unpaired) electrons. The van der Waals surface area contributed by atoms with Gasteiger partial charge in [-0.15, -0.1) is 0 Å². The number of nitrogens with two attached hydrogens (primary N) is 1. The predicted molar refractivity (Wildman–Crippen MR) is 50.0 cm³/mol. The molecule has 3 heteroatoms. The molecule has 0 amide bonds. The third-order valence-electron chi connectivity index (χ3n) is 1.68. The van der Waals surface area contributed by atoms with Crippen LogP contribution in [0.1, 0.15) is 27.2 Å².